The SMILES string of the molecule is CCCC1CCC(NC(=NCCCN2CCC(O)CC2)NCC)CC1. The summed E-state index contributed by atoms with van der Waals surface area (Å²) in [6.07, 6.45) is 10.9. The number of likely N-dealkylation sites (tertiary alicyclic amines) is 1. The fourth-order valence-electron chi connectivity index (χ4n) is 4.15. The molecule has 0 atom stereocenters. The van der Waals surface area contributed by atoms with Crippen molar-refractivity contribution in [1.82, 2.24) is 15.5 Å². The smallest absolute Gasteiger partial charge is 0.191 e. The summed E-state index contributed by atoms with van der Waals surface area (Å²) >= 11 is 0. The standard InChI is InChI=1S/C20H40N4O/c1-3-6-17-7-9-18(10-8-17)23-20(21-4-2)22-13-5-14-24-15-11-19(25)12-16-24/h17-19,25H,3-16H2,1-2H3,(H2,21,22,23). The van der Waals surface area contributed by atoms with Crippen molar-refractivity contribution in [3.63, 3.8) is 0 Å². The molecule has 0 aromatic carbocycles. The minimum Gasteiger partial charge on any atom is -0.393 e. The fraction of sp³-hybridized carbons (Fsp3) is 0.950. The molecular weight excluding hydrogens is 312 g/mol. The second-order valence-corrected chi connectivity index (χ2v) is 7.84. The highest BCUT2D eigenvalue weighted by atomic mass is 16.3. The van der Waals surface area contributed by atoms with Gasteiger partial charge in [-0.05, 0) is 64.3 Å². The van der Waals surface area contributed by atoms with Crippen molar-refractivity contribution in [3.8, 4) is 0 Å². The molecule has 25 heavy (non-hydrogen) atoms. The van der Waals surface area contributed by atoms with Gasteiger partial charge in [-0.1, -0.05) is 19.8 Å². The maximum atomic E-state index is 9.57. The second-order valence-electron chi connectivity index (χ2n) is 7.84. The largest absolute Gasteiger partial charge is 0.393 e. The van der Waals surface area contributed by atoms with Crippen molar-refractivity contribution in [3.05, 3.63) is 0 Å². The third-order valence-electron chi connectivity index (χ3n) is 5.69. The Morgan fingerprint density at radius 3 is 2.44 bits per heavy atom. The van der Waals surface area contributed by atoms with Crippen LogP contribution in [0, 0.1) is 5.92 Å². The molecule has 0 aromatic heterocycles. The van der Waals surface area contributed by atoms with Gasteiger partial charge in [0.15, 0.2) is 5.96 Å². The first-order valence-electron chi connectivity index (χ1n) is 10.7. The Hall–Kier alpha value is -0.810. The van der Waals surface area contributed by atoms with Gasteiger partial charge in [0.25, 0.3) is 0 Å². The first kappa shape index (κ1) is 20.5. The molecule has 2 aliphatic rings. The highest BCUT2D eigenvalue weighted by molar-refractivity contribution is 5.80. The summed E-state index contributed by atoms with van der Waals surface area (Å²) < 4.78 is 0. The van der Waals surface area contributed by atoms with E-state index in [9.17, 15) is 5.11 Å². The molecule has 0 radical (unpaired) electrons. The van der Waals surface area contributed by atoms with Crippen LogP contribution in [0.2, 0.25) is 0 Å². The summed E-state index contributed by atoms with van der Waals surface area (Å²) in [7, 11) is 0. The molecule has 5 heteroatoms. The number of rotatable bonds is 8. The molecule has 0 unspecified atom stereocenters. The molecule has 2 rings (SSSR count). The Morgan fingerprint density at radius 1 is 1.08 bits per heavy atom. The van der Waals surface area contributed by atoms with Crippen LogP contribution >= 0.6 is 0 Å². The lowest BCUT2D eigenvalue weighted by Crippen LogP contribution is -2.45. The van der Waals surface area contributed by atoms with Gasteiger partial charge in [0.2, 0.25) is 0 Å². The molecule has 0 amide bonds. The van der Waals surface area contributed by atoms with Crippen LogP contribution in [-0.4, -0.2) is 60.8 Å². The number of aliphatic hydroxyl groups excluding tert-OH is 1. The zero-order chi connectivity index (χ0) is 17.9. The van der Waals surface area contributed by atoms with Gasteiger partial charge in [0.05, 0.1) is 6.10 Å². The number of nitrogens with one attached hydrogen (secondary N) is 2. The van der Waals surface area contributed by atoms with Crippen molar-refractivity contribution in [2.45, 2.75) is 83.8 Å². The molecule has 0 bridgehead atoms. The lowest BCUT2D eigenvalue weighted by Gasteiger charge is -2.30. The fourth-order valence-corrected chi connectivity index (χ4v) is 4.15. The number of hydrogen-bond acceptors (Lipinski definition) is 3. The van der Waals surface area contributed by atoms with Gasteiger partial charge in [-0.15, -0.1) is 0 Å². The number of aliphatic imine (C=N–C) groups is 1. The zero-order valence-corrected chi connectivity index (χ0v) is 16.5. The summed E-state index contributed by atoms with van der Waals surface area (Å²) in [6.45, 7) is 9.38. The maximum Gasteiger partial charge on any atom is 0.191 e. The molecule has 2 fully saturated rings. The van der Waals surface area contributed by atoms with Gasteiger partial charge in [0.1, 0.15) is 0 Å². The lowest BCUT2D eigenvalue weighted by atomic mass is 9.83. The Bertz CT molecular complexity index is 372. The van der Waals surface area contributed by atoms with E-state index in [1.54, 1.807) is 0 Å². The predicted octanol–water partition coefficient (Wildman–Crippen LogP) is 2.75. The van der Waals surface area contributed by atoms with Gasteiger partial charge in [0, 0.05) is 32.2 Å². The average Bonchev–Trinajstić information content (AvgIpc) is 2.62. The van der Waals surface area contributed by atoms with Gasteiger partial charge in [-0.3, -0.25) is 4.99 Å². The number of piperidine rings is 1. The number of guanidine groups is 1. The topological polar surface area (TPSA) is 59.9 Å². The van der Waals surface area contributed by atoms with E-state index >= 15 is 0 Å². The summed E-state index contributed by atoms with van der Waals surface area (Å²) in [4.78, 5) is 7.24. The molecule has 1 saturated carbocycles. The predicted molar refractivity (Wildman–Crippen MR) is 106 cm³/mol. The van der Waals surface area contributed by atoms with Crippen LogP contribution in [0.5, 0.6) is 0 Å². The lowest BCUT2D eigenvalue weighted by molar-refractivity contribution is 0.0824. The van der Waals surface area contributed by atoms with E-state index in [0.717, 1.165) is 63.9 Å². The minimum atomic E-state index is -0.0776. The molecule has 5 nitrogen and oxygen atoms in total. The van der Waals surface area contributed by atoms with Gasteiger partial charge in [-0.25, -0.2) is 0 Å². The molecule has 1 aliphatic carbocycles. The first-order valence-corrected chi connectivity index (χ1v) is 10.7. The van der Waals surface area contributed by atoms with Crippen molar-refractivity contribution < 1.29 is 5.11 Å². The molecule has 1 aliphatic heterocycles. The number of nitrogens with zero attached hydrogens (tertiary/aromatic N) is 2. The van der Waals surface area contributed by atoms with Crippen LogP contribution in [0.25, 0.3) is 0 Å². The zero-order valence-electron chi connectivity index (χ0n) is 16.5. The third kappa shape index (κ3) is 7.95. The third-order valence-corrected chi connectivity index (χ3v) is 5.69. The molecule has 146 valence electrons. The highest BCUT2D eigenvalue weighted by Crippen LogP contribution is 2.27. The van der Waals surface area contributed by atoms with Gasteiger partial charge in [-0.2, -0.15) is 0 Å². The van der Waals surface area contributed by atoms with Crippen LogP contribution in [0.1, 0.15) is 71.6 Å². The molecular formula is C20H40N4O. The van der Waals surface area contributed by atoms with E-state index in [2.05, 4.69) is 29.4 Å². The molecule has 0 aromatic rings. The molecule has 1 heterocycles. The van der Waals surface area contributed by atoms with E-state index in [-0.39, 0.29) is 6.10 Å². The first-order chi connectivity index (χ1) is 12.2. The number of hydrogen-bond donors (Lipinski definition) is 3. The quantitative estimate of drug-likeness (QED) is 0.357. The Kier molecular flexibility index (Phi) is 9.63. The summed E-state index contributed by atoms with van der Waals surface area (Å²) in [5.74, 6) is 1.95. The second kappa shape index (κ2) is 11.7. The van der Waals surface area contributed by atoms with E-state index < -0.39 is 0 Å². The van der Waals surface area contributed by atoms with E-state index in [1.807, 2.05) is 0 Å². The maximum absolute atomic E-state index is 9.57. The highest BCUT2D eigenvalue weighted by Gasteiger charge is 2.21. The van der Waals surface area contributed by atoms with Crippen molar-refractivity contribution in [2.75, 3.05) is 32.7 Å². The van der Waals surface area contributed by atoms with Gasteiger partial charge < -0.3 is 20.6 Å². The van der Waals surface area contributed by atoms with E-state index in [4.69, 9.17) is 4.99 Å². The average molecular weight is 353 g/mol. The van der Waals surface area contributed by atoms with Crippen LogP contribution in [-0.2, 0) is 0 Å². The van der Waals surface area contributed by atoms with Gasteiger partial charge >= 0.3 is 0 Å². The summed E-state index contributed by atoms with van der Waals surface area (Å²) in [6, 6.07) is 0.592. The summed E-state index contributed by atoms with van der Waals surface area (Å²) in [5.41, 5.74) is 0. The minimum absolute atomic E-state index is 0.0776. The monoisotopic (exact) mass is 352 g/mol. The van der Waals surface area contributed by atoms with Crippen molar-refractivity contribution in [2.24, 2.45) is 10.9 Å². The van der Waals surface area contributed by atoms with Crippen molar-refractivity contribution >= 4 is 5.96 Å². The van der Waals surface area contributed by atoms with E-state index in [0.29, 0.717) is 6.04 Å². The van der Waals surface area contributed by atoms with Crippen molar-refractivity contribution in [1.29, 1.82) is 0 Å². The Balaban J connectivity index is 1.66. The number of aliphatic hydroxyl groups is 1. The molecule has 1 saturated heterocycles. The Labute approximate surface area is 154 Å². The summed E-state index contributed by atoms with van der Waals surface area (Å²) in [5, 5.41) is 16.6. The van der Waals surface area contributed by atoms with Crippen LogP contribution in [0.15, 0.2) is 4.99 Å². The van der Waals surface area contributed by atoms with Crippen LogP contribution in [0.3, 0.4) is 0 Å². The Morgan fingerprint density at radius 2 is 1.80 bits per heavy atom. The van der Waals surface area contributed by atoms with Crippen LogP contribution in [0.4, 0.5) is 0 Å². The molecule has 3 N–H and O–H groups in total. The van der Waals surface area contributed by atoms with Crippen LogP contribution < -0.4 is 10.6 Å². The normalized spacial score (nSPS) is 26.6. The van der Waals surface area contributed by atoms with E-state index in [1.165, 1.54) is 38.5 Å². The molecule has 0 spiro atoms.